The van der Waals surface area contributed by atoms with E-state index in [9.17, 15) is 4.79 Å². The average Bonchev–Trinajstić information content (AvgIpc) is 2.19. The SMILES string of the molecule is CC(C)CC(Oc1ccc(Cl)cc1Cl)C(=O)O. The zero-order valence-corrected chi connectivity index (χ0v) is 11.1. The number of benzene rings is 1. The summed E-state index contributed by atoms with van der Waals surface area (Å²) in [4.78, 5) is 11.0. The minimum Gasteiger partial charge on any atom is -0.479 e. The molecule has 1 unspecified atom stereocenters. The molecule has 94 valence electrons. The van der Waals surface area contributed by atoms with Crippen molar-refractivity contribution in [3.05, 3.63) is 28.2 Å². The van der Waals surface area contributed by atoms with Gasteiger partial charge in [-0.2, -0.15) is 0 Å². The maximum Gasteiger partial charge on any atom is 0.344 e. The van der Waals surface area contributed by atoms with Crippen LogP contribution in [0.5, 0.6) is 5.75 Å². The summed E-state index contributed by atoms with van der Waals surface area (Å²) in [7, 11) is 0. The minimum atomic E-state index is -0.996. The third-order valence-corrected chi connectivity index (χ3v) is 2.65. The zero-order chi connectivity index (χ0) is 13.0. The van der Waals surface area contributed by atoms with Gasteiger partial charge in [-0.15, -0.1) is 0 Å². The van der Waals surface area contributed by atoms with Crippen molar-refractivity contribution in [1.29, 1.82) is 0 Å². The van der Waals surface area contributed by atoms with Crippen molar-refractivity contribution < 1.29 is 14.6 Å². The Hall–Kier alpha value is -0.930. The van der Waals surface area contributed by atoms with E-state index in [0.29, 0.717) is 22.2 Å². The first-order valence-electron chi connectivity index (χ1n) is 5.24. The van der Waals surface area contributed by atoms with Crippen LogP contribution in [0.4, 0.5) is 0 Å². The van der Waals surface area contributed by atoms with E-state index < -0.39 is 12.1 Å². The number of halogens is 2. The third-order valence-electron chi connectivity index (χ3n) is 2.12. The molecule has 0 aliphatic heterocycles. The van der Waals surface area contributed by atoms with Crippen LogP contribution in [-0.2, 0) is 4.79 Å². The van der Waals surface area contributed by atoms with Gasteiger partial charge in [0.2, 0.25) is 0 Å². The van der Waals surface area contributed by atoms with Gasteiger partial charge in [0.15, 0.2) is 6.10 Å². The highest BCUT2D eigenvalue weighted by Gasteiger charge is 2.21. The molecule has 0 saturated heterocycles. The van der Waals surface area contributed by atoms with Crippen molar-refractivity contribution in [2.75, 3.05) is 0 Å². The number of aliphatic carboxylic acids is 1. The maximum absolute atomic E-state index is 11.0. The molecule has 0 aromatic heterocycles. The van der Waals surface area contributed by atoms with Gasteiger partial charge in [-0.05, 0) is 30.5 Å². The Morgan fingerprint density at radius 2 is 2.06 bits per heavy atom. The molecular weight excluding hydrogens is 263 g/mol. The molecule has 0 aliphatic carbocycles. The first-order chi connectivity index (χ1) is 7.90. The van der Waals surface area contributed by atoms with Crippen LogP contribution in [0.25, 0.3) is 0 Å². The van der Waals surface area contributed by atoms with Gasteiger partial charge in [-0.3, -0.25) is 0 Å². The molecule has 0 fully saturated rings. The van der Waals surface area contributed by atoms with Gasteiger partial charge in [-0.25, -0.2) is 4.79 Å². The quantitative estimate of drug-likeness (QED) is 0.888. The number of carbonyl (C=O) groups is 1. The zero-order valence-electron chi connectivity index (χ0n) is 9.61. The van der Waals surface area contributed by atoms with Crippen LogP contribution >= 0.6 is 23.2 Å². The molecule has 0 heterocycles. The van der Waals surface area contributed by atoms with Crippen molar-refractivity contribution in [2.45, 2.75) is 26.4 Å². The largest absolute Gasteiger partial charge is 0.479 e. The highest BCUT2D eigenvalue weighted by molar-refractivity contribution is 6.35. The van der Waals surface area contributed by atoms with Gasteiger partial charge >= 0.3 is 5.97 Å². The lowest BCUT2D eigenvalue weighted by atomic mass is 10.1. The van der Waals surface area contributed by atoms with Crippen molar-refractivity contribution in [3.63, 3.8) is 0 Å². The van der Waals surface area contributed by atoms with Gasteiger partial charge in [0, 0.05) is 5.02 Å². The summed E-state index contributed by atoms with van der Waals surface area (Å²) < 4.78 is 5.38. The van der Waals surface area contributed by atoms with Crippen LogP contribution in [0, 0.1) is 5.92 Å². The number of carboxylic acid groups (broad SMARTS) is 1. The lowest BCUT2D eigenvalue weighted by Gasteiger charge is -2.17. The number of carboxylic acids is 1. The molecule has 3 nitrogen and oxygen atoms in total. The first-order valence-corrected chi connectivity index (χ1v) is 6.00. The minimum absolute atomic E-state index is 0.224. The topological polar surface area (TPSA) is 46.5 Å². The molecule has 1 aromatic carbocycles. The van der Waals surface area contributed by atoms with E-state index >= 15 is 0 Å². The summed E-state index contributed by atoms with van der Waals surface area (Å²) in [6.45, 7) is 3.87. The van der Waals surface area contributed by atoms with Crippen molar-refractivity contribution in [1.82, 2.24) is 0 Å². The Bertz CT molecular complexity index is 405. The average molecular weight is 277 g/mol. The Kier molecular flexibility index (Phi) is 5.09. The number of rotatable bonds is 5. The number of hydrogen-bond acceptors (Lipinski definition) is 2. The molecule has 0 amide bonds. The summed E-state index contributed by atoms with van der Waals surface area (Å²) >= 11 is 11.7. The molecule has 5 heteroatoms. The second-order valence-corrected chi connectivity index (χ2v) is 4.99. The molecule has 1 aromatic rings. The van der Waals surface area contributed by atoms with Gasteiger partial charge in [0.25, 0.3) is 0 Å². The summed E-state index contributed by atoms with van der Waals surface area (Å²) in [5.74, 6) is -0.434. The summed E-state index contributed by atoms with van der Waals surface area (Å²) in [6.07, 6.45) is -0.470. The Morgan fingerprint density at radius 3 is 2.53 bits per heavy atom. The highest BCUT2D eigenvalue weighted by atomic mass is 35.5. The van der Waals surface area contributed by atoms with Crippen LogP contribution in [0.15, 0.2) is 18.2 Å². The summed E-state index contributed by atoms with van der Waals surface area (Å²) in [6, 6.07) is 4.70. The third kappa shape index (κ3) is 4.44. The Balaban J connectivity index is 2.82. The van der Waals surface area contributed by atoms with E-state index in [1.54, 1.807) is 12.1 Å². The molecule has 1 N–H and O–H groups in total. The normalized spacial score (nSPS) is 12.5. The fraction of sp³-hybridized carbons (Fsp3) is 0.417. The van der Waals surface area contributed by atoms with E-state index in [0.717, 1.165) is 0 Å². The second-order valence-electron chi connectivity index (χ2n) is 4.15. The van der Waals surface area contributed by atoms with Gasteiger partial charge in [0.05, 0.1) is 5.02 Å². The predicted molar refractivity (Wildman–Crippen MR) is 68.0 cm³/mol. The van der Waals surface area contributed by atoms with Crippen LogP contribution in [0.3, 0.4) is 0 Å². The Labute approximate surface area is 110 Å². The molecule has 0 saturated carbocycles. The van der Waals surface area contributed by atoms with Crippen molar-refractivity contribution in [3.8, 4) is 5.75 Å². The van der Waals surface area contributed by atoms with Crippen LogP contribution < -0.4 is 4.74 Å². The van der Waals surface area contributed by atoms with E-state index in [1.165, 1.54) is 6.07 Å². The standard InChI is InChI=1S/C12H14Cl2O3/c1-7(2)5-11(12(15)16)17-10-4-3-8(13)6-9(10)14/h3-4,6-7,11H,5H2,1-2H3,(H,15,16). The maximum atomic E-state index is 11.0. The second kappa shape index (κ2) is 6.12. The monoisotopic (exact) mass is 276 g/mol. The summed E-state index contributed by atoms with van der Waals surface area (Å²) in [5.41, 5.74) is 0. The smallest absolute Gasteiger partial charge is 0.344 e. The molecule has 0 spiro atoms. The molecular formula is C12H14Cl2O3. The van der Waals surface area contributed by atoms with Crippen molar-refractivity contribution >= 4 is 29.2 Å². The summed E-state index contributed by atoms with van der Waals surface area (Å²) in [5, 5.41) is 9.83. The van der Waals surface area contributed by atoms with E-state index in [2.05, 4.69) is 0 Å². The van der Waals surface area contributed by atoms with Crippen LogP contribution in [-0.4, -0.2) is 17.2 Å². The van der Waals surface area contributed by atoms with E-state index in [4.69, 9.17) is 33.0 Å². The molecule has 1 rings (SSSR count). The fourth-order valence-electron chi connectivity index (χ4n) is 1.35. The highest BCUT2D eigenvalue weighted by Crippen LogP contribution is 2.29. The van der Waals surface area contributed by atoms with Gasteiger partial charge < -0.3 is 9.84 Å². The predicted octanol–water partition coefficient (Wildman–Crippen LogP) is 3.87. The van der Waals surface area contributed by atoms with Crippen LogP contribution in [0.1, 0.15) is 20.3 Å². The number of ether oxygens (including phenoxy) is 1. The molecule has 0 radical (unpaired) electrons. The lowest BCUT2D eigenvalue weighted by molar-refractivity contribution is -0.145. The van der Waals surface area contributed by atoms with E-state index in [1.807, 2.05) is 13.8 Å². The molecule has 0 bridgehead atoms. The van der Waals surface area contributed by atoms with Crippen molar-refractivity contribution in [2.24, 2.45) is 5.92 Å². The first kappa shape index (κ1) is 14.1. The van der Waals surface area contributed by atoms with Crippen LogP contribution in [0.2, 0.25) is 10.0 Å². The van der Waals surface area contributed by atoms with Gasteiger partial charge in [-0.1, -0.05) is 37.0 Å². The molecule has 1 atom stereocenters. The Morgan fingerprint density at radius 1 is 1.41 bits per heavy atom. The molecule has 0 aliphatic rings. The van der Waals surface area contributed by atoms with E-state index in [-0.39, 0.29) is 5.92 Å². The van der Waals surface area contributed by atoms with Gasteiger partial charge in [0.1, 0.15) is 5.75 Å². The number of hydrogen-bond donors (Lipinski definition) is 1. The molecule has 17 heavy (non-hydrogen) atoms. The fourth-order valence-corrected chi connectivity index (χ4v) is 1.80. The lowest BCUT2D eigenvalue weighted by Crippen LogP contribution is -2.28.